The van der Waals surface area contributed by atoms with Crippen molar-refractivity contribution in [1.29, 1.82) is 0 Å². The third-order valence-corrected chi connectivity index (χ3v) is 5.51. The lowest BCUT2D eigenvalue weighted by Gasteiger charge is -2.14. The van der Waals surface area contributed by atoms with E-state index in [9.17, 15) is 14.3 Å². The summed E-state index contributed by atoms with van der Waals surface area (Å²) in [6, 6.07) is 14.2. The van der Waals surface area contributed by atoms with E-state index in [1.807, 2.05) is 37.3 Å². The van der Waals surface area contributed by atoms with E-state index in [4.69, 9.17) is 4.74 Å². The molecule has 0 aliphatic heterocycles. The van der Waals surface area contributed by atoms with Crippen molar-refractivity contribution >= 4 is 15.9 Å². The summed E-state index contributed by atoms with van der Waals surface area (Å²) < 4.78 is 25.0. The van der Waals surface area contributed by atoms with Gasteiger partial charge in [0.2, 0.25) is 0 Å². The minimum absolute atomic E-state index is 0.0145. The monoisotopic (exact) mass is 485 g/mol. The van der Waals surface area contributed by atoms with Crippen molar-refractivity contribution in [3.8, 4) is 22.8 Å². The minimum atomic E-state index is -0.706. The van der Waals surface area contributed by atoms with Gasteiger partial charge in [0.05, 0.1) is 4.47 Å². The molecular weight excluding hydrogens is 469 g/mol. The van der Waals surface area contributed by atoms with Crippen LogP contribution in [0.15, 0.2) is 62.3 Å². The average Bonchev–Trinajstić information content (AvgIpc) is 3.19. The zero-order valence-corrected chi connectivity index (χ0v) is 17.9. The highest BCUT2D eigenvalue weighted by atomic mass is 79.9. The maximum absolute atomic E-state index is 14.9. The van der Waals surface area contributed by atoms with E-state index in [0.29, 0.717) is 23.4 Å². The highest BCUT2D eigenvalue weighted by molar-refractivity contribution is 9.10. The third kappa shape index (κ3) is 4.51. The van der Waals surface area contributed by atoms with Crippen LogP contribution in [-0.4, -0.2) is 20.2 Å². The fraction of sp³-hybridized carbons (Fsp3) is 0.136. The second-order valence-electron chi connectivity index (χ2n) is 6.84. The summed E-state index contributed by atoms with van der Waals surface area (Å²) in [4.78, 5) is 17.9. The molecule has 0 radical (unpaired) electrons. The van der Waals surface area contributed by atoms with Gasteiger partial charge in [0.25, 0.3) is 0 Å². The molecule has 9 heteroatoms. The van der Waals surface area contributed by atoms with Crippen LogP contribution in [0, 0.1) is 12.7 Å². The second-order valence-corrected chi connectivity index (χ2v) is 7.63. The molecule has 158 valence electrons. The van der Waals surface area contributed by atoms with Crippen molar-refractivity contribution in [1.82, 2.24) is 15.1 Å². The summed E-state index contributed by atoms with van der Waals surface area (Å²) in [6.45, 7) is 1.69. The van der Waals surface area contributed by atoms with E-state index in [1.54, 1.807) is 18.2 Å². The number of aromatic amines is 1. The van der Waals surface area contributed by atoms with E-state index in [-0.39, 0.29) is 28.4 Å². The normalized spacial score (nSPS) is 10.9. The second kappa shape index (κ2) is 8.73. The van der Waals surface area contributed by atoms with Gasteiger partial charge in [-0.05, 0) is 52.2 Å². The lowest BCUT2D eigenvalue weighted by molar-refractivity contribution is 0.271. The maximum atomic E-state index is 14.9. The molecule has 0 aliphatic rings. The Morgan fingerprint density at radius 1 is 1.23 bits per heavy atom. The number of rotatable bonds is 6. The summed E-state index contributed by atoms with van der Waals surface area (Å²) in [5, 5.41) is 13.7. The topological polar surface area (TPSA) is 101 Å². The minimum Gasteiger partial charge on any atom is -0.506 e. The lowest BCUT2D eigenvalue weighted by Crippen LogP contribution is -2.05. The number of nitrogens with zero attached hydrogens (tertiary/aromatic N) is 2. The van der Waals surface area contributed by atoms with Crippen LogP contribution >= 0.6 is 15.9 Å². The summed E-state index contributed by atoms with van der Waals surface area (Å²) in [5.41, 5.74) is 3.42. The summed E-state index contributed by atoms with van der Waals surface area (Å²) in [6.07, 6.45) is 0.348. The van der Waals surface area contributed by atoms with Gasteiger partial charge in [-0.2, -0.15) is 0 Å². The number of hydrogen-bond donors (Lipinski definition) is 2. The third-order valence-electron chi connectivity index (χ3n) is 4.68. The van der Waals surface area contributed by atoms with E-state index < -0.39 is 11.6 Å². The molecule has 0 aliphatic carbocycles. The van der Waals surface area contributed by atoms with Crippen molar-refractivity contribution in [2.24, 2.45) is 0 Å². The lowest BCUT2D eigenvalue weighted by atomic mass is 10.0. The molecule has 0 unspecified atom stereocenters. The van der Waals surface area contributed by atoms with Crippen molar-refractivity contribution in [2.45, 2.75) is 20.0 Å². The number of pyridine rings is 1. The van der Waals surface area contributed by atoms with E-state index in [0.717, 1.165) is 11.1 Å². The molecule has 2 aromatic heterocycles. The number of benzene rings is 2. The molecule has 0 atom stereocenters. The Labute approximate surface area is 184 Å². The fourth-order valence-corrected chi connectivity index (χ4v) is 3.78. The highest BCUT2D eigenvalue weighted by Gasteiger charge is 2.18. The Hall–Kier alpha value is -3.46. The number of ether oxygens (including phenoxy) is 1. The van der Waals surface area contributed by atoms with Gasteiger partial charge >= 0.3 is 5.76 Å². The van der Waals surface area contributed by atoms with E-state index >= 15 is 0 Å². The molecule has 7 nitrogen and oxygen atoms in total. The van der Waals surface area contributed by atoms with Crippen molar-refractivity contribution in [3.05, 3.63) is 92.0 Å². The molecule has 2 heterocycles. The number of aromatic hydroxyl groups is 1. The van der Waals surface area contributed by atoms with Crippen LogP contribution in [0.25, 0.3) is 11.3 Å². The first-order valence-electron chi connectivity index (χ1n) is 9.32. The zero-order valence-electron chi connectivity index (χ0n) is 16.4. The number of H-pyrrole nitrogens is 1. The van der Waals surface area contributed by atoms with Gasteiger partial charge in [0.15, 0.2) is 17.4 Å². The molecule has 2 N–H and O–H groups in total. The van der Waals surface area contributed by atoms with Crippen LogP contribution in [0.1, 0.15) is 22.6 Å². The first-order chi connectivity index (χ1) is 14.9. The number of halogens is 2. The summed E-state index contributed by atoms with van der Waals surface area (Å²) in [5.74, 6) is -1.03. The predicted molar refractivity (Wildman–Crippen MR) is 114 cm³/mol. The van der Waals surface area contributed by atoms with Crippen LogP contribution in [-0.2, 0) is 13.0 Å². The standard InChI is InChI=1S/C22H17BrFN3O4/c1-12-9-17(30-11-18-26-22(29)31-27-18)20(24)19(23)15(12)10-14-7-8-16(28)21(25-14)13-5-3-2-4-6-13/h2-9,28H,10-11H2,1H3,(H,26,27,29). The Morgan fingerprint density at radius 2 is 2.00 bits per heavy atom. The average molecular weight is 486 g/mol. The Kier molecular flexibility index (Phi) is 5.85. The van der Waals surface area contributed by atoms with Crippen molar-refractivity contribution < 1.29 is 18.8 Å². The molecule has 0 spiro atoms. The van der Waals surface area contributed by atoms with Gasteiger partial charge in [-0.25, -0.2) is 14.2 Å². The van der Waals surface area contributed by atoms with E-state index in [2.05, 4.69) is 35.6 Å². The van der Waals surface area contributed by atoms with Crippen LogP contribution in [0.4, 0.5) is 4.39 Å². The maximum Gasteiger partial charge on any atom is 0.439 e. The van der Waals surface area contributed by atoms with Gasteiger partial charge in [-0.3, -0.25) is 9.51 Å². The van der Waals surface area contributed by atoms with Gasteiger partial charge in [0.1, 0.15) is 18.1 Å². The number of hydrogen-bond acceptors (Lipinski definition) is 6. The molecule has 0 saturated carbocycles. The smallest absolute Gasteiger partial charge is 0.439 e. The van der Waals surface area contributed by atoms with Crippen LogP contribution in [0.5, 0.6) is 11.5 Å². The molecule has 2 aromatic carbocycles. The summed E-state index contributed by atoms with van der Waals surface area (Å²) in [7, 11) is 0. The molecule has 0 bridgehead atoms. The first-order valence-corrected chi connectivity index (χ1v) is 10.1. The summed E-state index contributed by atoms with van der Waals surface area (Å²) >= 11 is 3.32. The van der Waals surface area contributed by atoms with Gasteiger partial charge in [0, 0.05) is 17.7 Å². The Balaban J connectivity index is 1.60. The van der Waals surface area contributed by atoms with Crippen LogP contribution < -0.4 is 10.5 Å². The molecule has 0 fully saturated rings. The fourth-order valence-electron chi connectivity index (χ4n) is 3.13. The van der Waals surface area contributed by atoms with Gasteiger partial charge in [-0.1, -0.05) is 35.5 Å². The Bertz CT molecular complexity index is 1290. The number of aromatic nitrogens is 3. The molecule has 0 amide bonds. The quantitative estimate of drug-likeness (QED) is 0.416. The van der Waals surface area contributed by atoms with Crippen LogP contribution in [0.3, 0.4) is 0 Å². The van der Waals surface area contributed by atoms with Crippen molar-refractivity contribution in [3.63, 3.8) is 0 Å². The zero-order chi connectivity index (χ0) is 22.0. The molecule has 31 heavy (non-hydrogen) atoms. The van der Waals surface area contributed by atoms with Crippen LogP contribution in [0.2, 0.25) is 0 Å². The SMILES string of the molecule is Cc1cc(OCc2noc(=O)[nH]2)c(F)c(Br)c1Cc1ccc(O)c(-c2ccccc2)n1. The van der Waals surface area contributed by atoms with Gasteiger partial charge < -0.3 is 9.84 Å². The largest absolute Gasteiger partial charge is 0.506 e. The molecule has 0 saturated heterocycles. The first kappa shape index (κ1) is 20.8. The highest BCUT2D eigenvalue weighted by Crippen LogP contribution is 2.34. The van der Waals surface area contributed by atoms with Gasteiger partial charge in [-0.15, -0.1) is 0 Å². The molecular formula is C22H17BrFN3O4. The van der Waals surface area contributed by atoms with E-state index in [1.165, 1.54) is 0 Å². The Morgan fingerprint density at radius 3 is 2.71 bits per heavy atom. The molecule has 4 rings (SSSR count). The molecule has 4 aromatic rings. The van der Waals surface area contributed by atoms with Crippen molar-refractivity contribution in [2.75, 3.05) is 0 Å². The number of nitrogens with one attached hydrogen (secondary N) is 1. The predicted octanol–water partition coefficient (Wildman–Crippen LogP) is 4.51. The number of aryl methyl sites for hydroxylation is 1.